The van der Waals surface area contributed by atoms with Crippen molar-refractivity contribution in [1.29, 1.82) is 0 Å². The summed E-state index contributed by atoms with van der Waals surface area (Å²) < 4.78 is 0. The number of piperazine rings is 1. The van der Waals surface area contributed by atoms with Crippen LogP contribution >= 0.6 is 0 Å². The van der Waals surface area contributed by atoms with E-state index in [1.807, 2.05) is 4.90 Å². The number of nitro benzene ring substituents is 1. The predicted octanol–water partition coefficient (Wildman–Crippen LogP) is 1.76. The molecule has 124 valence electrons. The van der Waals surface area contributed by atoms with Crippen molar-refractivity contribution in [3.05, 3.63) is 33.9 Å². The maximum absolute atomic E-state index is 11.3. The zero-order valence-electron chi connectivity index (χ0n) is 13.1. The van der Waals surface area contributed by atoms with Gasteiger partial charge in [0, 0.05) is 43.9 Å². The maximum atomic E-state index is 11.3. The van der Waals surface area contributed by atoms with Crippen LogP contribution in [0.1, 0.15) is 36.0 Å². The second kappa shape index (κ2) is 6.54. The molecule has 2 fully saturated rings. The monoisotopic (exact) mass is 318 g/mol. The van der Waals surface area contributed by atoms with Gasteiger partial charge in [-0.1, -0.05) is 12.8 Å². The quantitative estimate of drug-likeness (QED) is 0.674. The maximum Gasteiger partial charge on any atom is 0.293 e. The van der Waals surface area contributed by atoms with Crippen LogP contribution < -0.4 is 10.6 Å². The van der Waals surface area contributed by atoms with Crippen LogP contribution in [0.4, 0.5) is 11.4 Å². The molecule has 1 amide bonds. The van der Waals surface area contributed by atoms with Crippen molar-refractivity contribution in [2.75, 3.05) is 31.1 Å². The first kappa shape index (κ1) is 15.7. The number of benzene rings is 1. The predicted molar refractivity (Wildman–Crippen MR) is 87.7 cm³/mol. The molecule has 1 aliphatic heterocycles. The molecule has 1 aromatic rings. The molecule has 0 spiro atoms. The van der Waals surface area contributed by atoms with Crippen LogP contribution in [0.25, 0.3) is 0 Å². The zero-order valence-corrected chi connectivity index (χ0v) is 13.1. The second-order valence-corrected chi connectivity index (χ2v) is 6.29. The topological polar surface area (TPSA) is 92.7 Å². The number of amides is 1. The van der Waals surface area contributed by atoms with Crippen LogP contribution in [0.2, 0.25) is 0 Å². The van der Waals surface area contributed by atoms with Crippen molar-refractivity contribution in [3.8, 4) is 0 Å². The van der Waals surface area contributed by atoms with Gasteiger partial charge in [-0.05, 0) is 25.0 Å². The van der Waals surface area contributed by atoms with E-state index < -0.39 is 10.8 Å². The Hall–Kier alpha value is -2.15. The van der Waals surface area contributed by atoms with E-state index in [0.717, 1.165) is 26.2 Å². The first-order chi connectivity index (χ1) is 11.1. The molecule has 1 heterocycles. The molecule has 0 unspecified atom stereocenters. The second-order valence-electron chi connectivity index (χ2n) is 6.29. The molecular formula is C16H22N4O3. The third-order valence-electron chi connectivity index (χ3n) is 4.95. The molecule has 1 saturated heterocycles. The van der Waals surface area contributed by atoms with Gasteiger partial charge in [0.15, 0.2) is 0 Å². The van der Waals surface area contributed by atoms with Gasteiger partial charge in [-0.2, -0.15) is 0 Å². The molecular weight excluding hydrogens is 296 g/mol. The van der Waals surface area contributed by atoms with Crippen molar-refractivity contribution in [2.45, 2.75) is 31.7 Å². The van der Waals surface area contributed by atoms with E-state index >= 15 is 0 Å². The summed E-state index contributed by atoms with van der Waals surface area (Å²) in [4.78, 5) is 26.7. The highest BCUT2D eigenvalue weighted by Crippen LogP contribution is 2.31. The first-order valence-electron chi connectivity index (χ1n) is 8.13. The van der Waals surface area contributed by atoms with E-state index in [1.54, 1.807) is 12.1 Å². The van der Waals surface area contributed by atoms with Gasteiger partial charge in [-0.3, -0.25) is 19.8 Å². The van der Waals surface area contributed by atoms with Gasteiger partial charge in [-0.25, -0.2) is 0 Å². The Kier molecular flexibility index (Phi) is 4.47. The van der Waals surface area contributed by atoms with Gasteiger partial charge >= 0.3 is 0 Å². The largest absolute Gasteiger partial charge is 0.366 e. The van der Waals surface area contributed by atoms with Crippen molar-refractivity contribution in [3.63, 3.8) is 0 Å². The molecule has 1 saturated carbocycles. The summed E-state index contributed by atoms with van der Waals surface area (Å²) in [5.41, 5.74) is 5.92. The standard InChI is InChI=1S/C16H22N4O3/c17-16(21)12-5-6-14(15(11-12)20(22)23)19-9-7-18(8-10-19)13-3-1-2-4-13/h5-6,11,13H,1-4,7-10H2,(H2,17,21). The number of hydrogen-bond donors (Lipinski definition) is 1. The average Bonchev–Trinajstić information content (AvgIpc) is 3.09. The van der Waals surface area contributed by atoms with Gasteiger partial charge in [0.05, 0.1) is 4.92 Å². The van der Waals surface area contributed by atoms with E-state index in [-0.39, 0.29) is 11.3 Å². The summed E-state index contributed by atoms with van der Waals surface area (Å²) in [6.45, 7) is 3.40. The Morgan fingerprint density at radius 2 is 1.83 bits per heavy atom. The normalized spacial score (nSPS) is 19.9. The van der Waals surface area contributed by atoms with Crippen molar-refractivity contribution in [2.24, 2.45) is 5.73 Å². The summed E-state index contributed by atoms with van der Waals surface area (Å²) in [5, 5.41) is 11.3. The van der Waals surface area contributed by atoms with Gasteiger partial charge in [-0.15, -0.1) is 0 Å². The molecule has 23 heavy (non-hydrogen) atoms. The third-order valence-corrected chi connectivity index (χ3v) is 4.95. The molecule has 7 heteroatoms. The fourth-order valence-corrected chi connectivity index (χ4v) is 3.69. The number of carbonyl (C=O) groups excluding carboxylic acids is 1. The Bertz CT molecular complexity index is 605. The molecule has 0 atom stereocenters. The Labute approximate surface area is 135 Å². The lowest BCUT2D eigenvalue weighted by molar-refractivity contribution is -0.384. The van der Waals surface area contributed by atoms with Crippen LogP contribution in [0, 0.1) is 10.1 Å². The highest BCUT2D eigenvalue weighted by molar-refractivity contribution is 5.94. The molecule has 0 radical (unpaired) electrons. The highest BCUT2D eigenvalue weighted by atomic mass is 16.6. The molecule has 3 rings (SSSR count). The van der Waals surface area contributed by atoms with E-state index in [0.29, 0.717) is 11.7 Å². The number of primary amides is 1. The van der Waals surface area contributed by atoms with E-state index in [2.05, 4.69) is 4.90 Å². The van der Waals surface area contributed by atoms with Crippen molar-refractivity contribution < 1.29 is 9.72 Å². The highest BCUT2D eigenvalue weighted by Gasteiger charge is 2.28. The minimum atomic E-state index is -0.647. The summed E-state index contributed by atoms with van der Waals surface area (Å²) in [6, 6.07) is 5.17. The van der Waals surface area contributed by atoms with E-state index in [4.69, 9.17) is 5.73 Å². The van der Waals surface area contributed by atoms with E-state index in [1.165, 1.54) is 31.7 Å². The number of rotatable bonds is 4. The molecule has 7 nitrogen and oxygen atoms in total. The molecule has 2 aliphatic rings. The number of nitrogens with two attached hydrogens (primary N) is 1. The third kappa shape index (κ3) is 3.29. The van der Waals surface area contributed by atoms with Gasteiger partial charge < -0.3 is 10.6 Å². The summed E-state index contributed by atoms with van der Waals surface area (Å²) in [6.07, 6.45) is 5.16. The lowest BCUT2D eigenvalue weighted by Crippen LogP contribution is -2.49. The van der Waals surface area contributed by atoms with E-state index in [9.17, 15) is 14.9 Å². The molecule has 1 aromatic carbocycles. The SMILES string of the molecule is NC(=O)c1ccc(N2CCN(C3CCCC3)CC2)c([N+](=O)[O-])c1. The molecule has 1 aliphatic carbocycles. The fraction of sp³-hybridized carbons (Fsp3) is 0.562. The smallest absolute Gasteiger partial charge is 0.293 e. The van der Waals surface area contributed by atoms with Gasteiger partial charge in [0.25, 0.3) is 5.69 Å². The number of carbonyl (C=O) groups is 1. The number of anilines is 1. The van der Waals surface area contributed by atoms with Gasteiger partial charge in [0.2, 0.25) is 5.91 Å². The Morgan fingerprint density at radius 1 is 1.17 bits per heavy atom. The molecule has 0 bridgehead atoms. The average molecular weight is 318 g/mol. The Balaban J connectivity index is 1.74. The van der Waals surface area contributed by atoms with Crippen molar-refractivity contribution in [1.82, 2.24) is 4.90 Å². The zero-order chi connectivity index (χ0) is 16.4. The lowest BCUT2D eigenvalue weighted by atomic mass is 10.1. The minimum Gasteiger partial charge on any atom is -0.366 e. The van der Waals surface area contributed by atoms with Crippen LogP contribution in [0.15, 0.2) is 18.2 Å². The Morgan fingerprint density at radius 3 is 2.39 bits per heavy atom. The minimum absolute atomic E-state index is 0.0457. The van der Waals surface area contributed by atoms with Crippen LogP contribution in [0.5, 0.6) is 0 Å². The number of nitro groups is 1. The number of hydrogen-bond acceptors (Lipinski definition) is 5. The fourth-order valence-electron chi connectivity index (χ4n) is 3.69. The first-order valence-corrected chi connectivity index (χ1v) is 8.13. The van der Waals surface area contributed by atoms with Crippen LogP contribution in [-0.2, 0) is 0 Å². The van der Waals surface area contributed by atoms with Crippen LogP contribution in [-0.4, -0.2) is 48.0 Å². The lowest BCUT2D eigenvalue weighted by Gasteiger charge is -2.38. The summed E-state index contributed by atoms with van der Waals surface area (Å²) in [5.74, 6) is -0.647. The molecule has 0 aromatic heterocycles. The summed E-state index contributed by atoms with van der Waals surface area (Å²) >= 11 is 0. The summed E-state index contributed by atoms with van der Waals surface area (Å²) in [7, 11) is 0. The van der Waals surface area contributed by atoms with Crippen LogP contribution in [0.3, 0.4) is 0 Å². The van der Waals surface area contributed by atoms with Crippen molar-refractivity contribution >= 4 is 17.3 Å². The number of nitrogens with zero attached hydrogens (tertiary/aromatic N) is 3. The molecule has 2 N–H and O–H groups in total. The van der Waals surface area contributed by atoms with Gasteiger partial charge in [0.1, 0.15) is 5.69 Å².